The van der Waals surface area contributed by atoms with Gasteiger partial charge in [0.1, 0.15) is 12.4 Å². The number of aromatic nitrogens is 3. The van der Waals surface area contributed by atoms with E-state index in [2.05, 4.69) is 32.7 Å². The van der Waals surface area contributed by atoms with E-state index in [4.69, 9.17) is 4.74 Å². The average molecular weight is 452 g/mol. The average Bonchev–Trinajstić information content (AvgIpc) is 2.87. The van der Waals surface area contributed by atoms with Crippen LogP contribution in [0.3, 0.4) is 0 Å². The summed E-state index contributed by atoms with van der Waals surface area (Å²) in [5, 5.41) is 15.0. The largest absolute Gasteiger partial charge is 0.382 e. The second kappa shape index (κ2) is 14.4. The Morgan fingerprint density at radius 2 is 1.83 bits per heavy atom. The summed E-state index contributed by atoms with van der Waals surface area (Å²) in [6.45, 7) is 10.1. The molecule has 0 unspecified atom stereocenters. The zero-order valence-electron chi connectivity index (χ0n) is 15.5. The minimum absolute atomic E-state index is 0. The molecule has 0 aliphatic heterocycles. The van der Waals surface area contributed by atoms with Crippen LogP contribution in [-0.4, -0.2) is 47.0 Å². The first-order valence-electron chi connectivity index (χ1n) is 8.63. The van der Waals surface area contributed by atoms with Crippen LogP contribution in [0.25, 0.3) is 0 Å². The summed E-state index contributed by atoms with van der Waals surface area (Å²) in [7, 11) is 1.96. The fourth-order valence-electron chi connectivity index (χ4n) is 1.98. The Morgan fingerprint density at radius 1 is 1.12 bits per heavy atom. The molecular formula is C16H33IN6O. The van der Waals surface area contributed by atoms with E-state index in [9.17, 15) is 0 Å². The van der Waals surface area contributed by atoms with E-state index in [-0.39, 0.29) is 24.0 Å². The number of nitrogens with one attached hydrogen (secondary N) is 2. The van der Waals surface area contributed by atoms with Gasteiger partial charge in [-0.15, -0.1) is 34.2 Å². The van der Waals surface area contributed by atoms with E-state index in [1.54, 1.807) is 0 Å². The predicted octanol–water partition coefficient (Wildman–Crippen LogP) is 2.39. The summed E-state index contributed by atoms with van der Waals surface area (Å²) >= 11 is 0. The zero-order valence-corrected chi connectivity index (χ0v) is 17.8. The molecule has 0 bridgehead atoms. The quantitative estimate of drug-likeness (QED) is 0.233. The van der Waals surface area contributed by atoms with Gasteiger partial charge in [-0.3, -0.25) is 0 Å². The van der Waals surface area contributed by atoms with Gasteiger partial charge in [0.25, 0.3) is 0 Å². The maximum absolute atomic E-state index is 5.35. The number of aryl methyl sites for hydroxylation is 1. The van der Waals surface area contributed by atoms with Crippen molar-refractivity contribution in [2.24, 2.45) is 12.0 Å². The molecule has 0 atom stereocenters. The van der Waals surface area contributed by atoms with Gasteiger partial charge in [-0.1, -0.05) is 13.3 Å². The van der Waals surface area contributed by atoms with Crippen molar-refractivity contribution in [3.8, 4) is 0 Å². The molecule has 0 radical (unpaired) electrons. The van der Waals surface area contributed by atoms with E-state index < -0.39 is 0 Å². The Bertz CT molecular complexity index is 463. The van der Waals surface area contributed by atoms with Crippen molar-refractivity contribution in [2.45, 2.75) is 53.0 Å². The summed E-state index contributed by atoms with van der Waals surface area (Å²) in [6.07, 6.45) is 4.42. The Kier molecular flexibility index (Phi) is 13.9. The number of aliphatic imine (C=N–C) groups is 1. The number of halogens is 1. The molecule has 2 N–H and O–H groups in total. The lowest BCUT2D eigenvalue weighted by Crippen LogP contribution is -2.38. The molecule has 8 heteroatoms. The van der Waals surface area contributed by atoms with Crippen LogP contribution in [0.5, 0.6) is 0 Å². The third-order valence-corrected chi connectivity index (χ3v) is 3.60. The van der Waals surface area contributed by atoms with Crippen molar-refractivity contribution >= 4 is 29.9 Å². The third kappa shape index (κ3) is 9.41. The Morgan fingerprint density at radius 3 is 2.42 bits per heavy atom. The van der Waals surface area contributed by atoms with Crippen molar-refractivity contribution in [3.63, 3.8) is 0 Å². The number of hydrogen-bond acceptors (Lipinski definition) is 4. The number of ether oxygens (including phenoxy) is 1. The molecule has 1 aromatic rings. The minimum Gasteiger partial charge on any atom is -0.382 e. The second-order valence-corrected chi connectivity index (χ2v) is 5.50. The van der Waals surface area contributed by atoms with Gasteiger partial charge in [0.2, 0.25) is 0 Å². The van der Waals surface area contributed by atoms with Crippen molar-refractivity contribution in [1.29, 1.82) is 0 Å². The molecule has 0 amide bonds. The molecule has 0 aliphatic rings. The molecule has 1 heterocycles. The molecule has 24 heavy (non-hydrogen) atoms. The third-order valence-electron chi connectivity index (χ3n) is 3.60. The SMILES string of the molecule is CCCCNC(=NCc1nnc(C)n1C)NCCCCOCC.I. The molecule has 0 spiro atoms. The fourth-order valence-corrected chi connectivity index (χ4v) is 1.98. The van der Waals surface area contributed by atoms with Gasteiger partial charge >= 0.3 is 0 Å². The van der Waals surface area contributed by atoms with E-state index in [1.165, 1.54) is 0 Å². The Labute approximate surface area is 163 Å². The van der Waals surface area contributed by atoms with Crippen LogP contribution in [0, 0.1) is 6.92 Å². The van der Waals surface area contributed by atoms with Gasteiger partial charge in [0.05, 0.1) is 0 Å². The summed E-state index contributed by atoms with van der Waals surface area (Å²) in [6, 6.07) is 0. The van der Waals surface area contributed by atoms with Crippen molar-refractivity contribution in [3.05, 3.63) is 11.6 Å². The van der Waals surface area contributed by atoms with Crippen LogP contribution in [0.1, 0.15) is 51.2 Å². The number of rotatable bonds is 11. The molecule has 0 aliphatic carbocycles. The van der Waals surface area contributed by atoms with E-state index in [1.807, 2.05) is 25.5 Å². The molecule has 7 nitrogen and oxygen atoms in total. The normalized spacial score (nSPS) is 11.2. The second-order valence-electron chi connectivity index (χ2n) is 5.50. The molecule has 0 fully saturated rings. The monoisotopic (exact) mass is 452 g/mol. The van der Waals surface area contributed by atoms with Gasteiger partial charge in [0, 0.05) is 33.4 Å². The van der Waals surface area contributed by atoms with Crippen LogP contribution in [0.15, 0.2) is 4.99 Å². The van der Waals surface area contributed by atoms with Crippen LogP contribution in [0.2, 0.25) is 0 Å². The number of hydrogen-bond donors (Lipinski definition) is 2. The lowest BCUT2D eigenvalue weighted by molar-refractivity contribution is 0.143. The Balaban J connectivity index is 0.00000529. The first kappa shape index (κ1) is 23.1. The summed E-state index contributed by atoms with van der Waals surface area (Å²) in [5.41, 5.74) is 0. The molecule has 0 saturated carbocycles. The summed E-state index contributed by atoms with van der Waals surface area (Å²) in [4.78, 5) is 4.61. The molecule has 1 rings (SSSR count). The van der Waals surface area contributed by atoms with E-state index in [0.717, 1.165) is 69.6 Å². The predicted molar refractivity (Wildman–Crippen MR) is 109 cm³/mol. The van der Waals surface area contributed by atoms with Gasteiger partial charge in [0.15, 0.2) is 11.8 Å². The molecule has 0 aromatic carbocycles. The lowest BCUT2D eigenvalue weighted by Gasteiger charge is -2.12. The van der Waals surface area contributed by atoms with Gasteiger partial charge < -0.3 is 19.9 Å². The molecular weight excluding hydrogens is 419 g/mol. The van der Waals surface area contributed by atoms with E-state index in [0.29, 0.717) is 6.54 Å². The van der Waals surface area contributed by atoms with Crippen molar-refractivity contribution in [2.75, 3.05) is 26.3 Å². The van der Waals surface area contributed by atoms with Crippen molar-refractivity contribution < 1.29 is 4.74 Å². The number of nitrogens with zero attached hydrogens (tertiary/aromatic N) is 4. The van der Waals surface area contributed by atoms with E-state index >= 15 is 0 Å². The maximum atomic E-state index is 5.35. The maximum Gasteiger partial charge on any atom is 0.191 e. The fraction of sp³-hybridized carbons (Fsp3) is 0.812. The lowest BCUT2D eigenvalue weighted by atomic mass is 10.3. The number of guanidine groups is 1. The van der Waals surface area contributed by atoms with Crippen LogP contribution >= 0.6 is 24.0 Å². The summed E-state index contributed by atoms with van der Waals surface area (Å²) < 4.78 is 7.32. The van der Waals surface area contributed by atoms with Crippen LogP contribution < -0.4 is 10.6 Å². The highest BCUT2D eigenvalue weighted by atomic mass is 127. The standard InChI is InChI=1S/C16H32N6O.HI/c1-5-7-10-17-16(18-11-8-9-12-23-6-2)19-13-15-21-20-14(3)22(15)4;/h5-13H2,1-4H3,(H2,17,18,19);1H. The highest BCUT2D eigenvalue weighted by Gasteiger charge is 2.05. The zero-order chi connectivity index (χ0) is 16.9. The Hall–Kier alpha value is -0.900. The first-order chi connectivity index (χ1) is 11.2. The summed E-state index contributed by atoms with van der Waals surface area (Å²) in [5.74, 6) is 2.62. The van der Waals surface area contributed by atoms with Crippen LogP contribution in [0.4, 0.5) is 0 Å². The van der Waals surface area contributed by atoms with Gasteiger partial charge in [-0.05, 0) is 33.1 Å². The smallest absolute Gasteiger partial charge is 0.191 e. The molecule has 0 saturated heterocycles. The van der Waals surface area contributed by atoms with Gasteiger partial charge in [-0.25, -0.2) is 4.99 Å². The first-order valence-corrected chi connectivity index (χ1v) is 8.63. The minimum atomic E-state index is 0. The highest BCUT2D eigenvalue weighted by Crippen LogP contribution is 1.99. The topological polar surface area (TPSA) is 76.4 Å². The van der Waals surface area contributed by atoms with Crippen molar-refractivity contribution in [1.82, 2.24) is 25.4 Å². The van der Waals surface area contributed by atoms with Gasteiger partial charge in [-0.2, -0.15) is 0 Å². The number of unbranched alkanes of at least 4 members (excludes halogenated alkanes) is 2. The highest BCUT2D eigenvalue weighted by molar-refractivity contribution is 14.0. The molecule has 140 valence electrons. The molecule has 1 aromatic heterocycles. The van der Waals surface area contributed by atoms with Crippen LogP contribution in [-0.2, 0) is 18.3 Å².